The molecule has 10 heteroatoms. The minimum atomic E-state index is -5.21. The van der Waals surface area contributed by atoms with Crippen molar-refractivity contribution in [3.05, 3.63) is 30.2 Å². The number of aromatic nitrogens is 1. The Hall–Kier alpha value is -0.0800. The molecular formula is C13H11N2Na2O5P. The average Bonchev–Trinajstić information content (AvgIpc) is 2.42. The second-order valence-electron chi connectivity index (χ2n) is 4.52. The van der Waals surface area contributed by atoms with Crippen LogP contribution >= 0.6 is 7.82 Å². The van der Waals surface area contributed by atoms with E-state index in [9.17, 15) is 14.4 Å². The molecule has 0 N–H and O–H groups in total. The van der Waals surface area contributed by atoms with Crippen molar-refractivity contribution in [1.82, 2.24) is 4.98 Å². The van der Waals surface area contributed by atoms with E-state index in [1.807, 2.05) is 0 Å². The van der Waals surface area contributed by atoms with Crippen molar-refractivity contribution < 1.29 is 82.7 Å². The van der Waals surface area contributed by atoms with Crippen molar-refractivity contribution in [2.75, 3.05) is 19.1 Å². The van der Waals surface area contributed by atoms with Gasteiger partial charge in [0.1, 0.15) is 7.82 Å². The van der Waals surface area contributed by atoms with E-state index >= 15 is 0 Å². The number of phosphoric ester groups is 1. The number of pyridine rings is 1. The van der Waals surface area contributed by atoms with Gasteiger partial charge in [0.2, 0.25) is 0 Å². The van der Waals surface area contributed by atoms with Gasteiger partial charge in [-0.1, -0.05) is 0 Å². The molecule has 0 saturated carbocycles. The maximum atomic E-state index is 11.0. The molecule has 7 nitrogen and oxygen atoms in total. The normalized spacial score (nSPS) is 12.4. The molecule has 0 atom stereocenters. The van der Waals surface area contributed by atoms with E-state index in [2.05, 4.69) is 9.51 Å². The Morgan fingerprint density at radius 3 is 2.61 bits per heavy atom. The zero-order valence-corrected chi connectivity index (χ0v) is 18.2. The number of hydrogen-bond acceptors (Lipinski definition) is 7. The average molecular weight is 352 g/mol. The largest absolute Gasteiger partial charge is 1.00 e. The molecule has 1 aromatic heterocycles. The fourth-order valence-electron chi connectivity index (χ4n) is 2.38. The number of methoxy groups -OCH3 is 1. The molecule has 0 aliphatic carbocycles. The Morgan fingerprint density at radius 1 is 1.30 bits per heavy atom. The van der Waals surface area contributed by atoms with Crippen LogP contribution in [0, 0.1) is 0 Å². The van der Waals surface area contributed by atoms with Crippen LogP contribution in [0.3, 0.4) is 0 Å². The first-order valence-corrected chi connectivity index (χ1v) is 7.49. The van der Waals surface area contributed by atoms with Crippen LogP contribution in [0.1, 0.15) is 5.69 Å². The molecule has 3 rings (SSSR count). The summed E-state index contributed by atoms with van der Waals surface area (Å²) in [6.07, 6.45) is 5.14. The molecule has 2 heterocycles. The van der Waals surface area contributed by atoms with Crippen LogP contribution in [-0.4, -0.2) is 19.1 Å². The van der Waals surface area contributed by atoms with E-state index in [-0.39, 0.29) is 70.6 Å². The molecule has 0 radical (unpaired) electrons. The summed E-state index contributed by atoms with van der Waals surface area (Å²) < 4.78 is 20.8. The van der Waals surface area contributed by atoms with Crippen molar-refractivity contribution in [2.24, 2.45) is 0 Å². The molecule has 0 amide bonds. The van der Waals surface area contributed by atoms with Gasteiger partial charge in [0.25, 0.3) is 0 Å². The van der Waals surface area contributed by atoms with E-state index in [0.29, 0.717) is 16.8 Å². The zero-order chi connectivity index (χ0) is 15.2. The van der Waals surface area contributed by atoms with Gasteiger partial charge in [0.15, 0.2) is 11.5 Å². The molecular weight excluding hydrogens is 341 g/mol. The van der Waals surface area contributed by atoms with Gasteiger partial charge in [-0.2, -0.15) is 0 Å². The van der Waals surface area contributed by atoms with Gasteiger partial charge in [-0.05, 0) is 23.6 Å². The monoisotopic (exact) mass is 352 g/mol. The zero-order valence-electron chi connectivity index (χ0n) is 13.3. The summed E-state index contributed by atoms with van der Waals surface area (Å²) >= 11 is 0. The number of rotatable bonds is 3. The van der Waals surface area contributed by atoms with Crippen LogP contribution < -0.4 is 83.1 Å². The third-order valence-electron chi connectivity index (χ3n) is 3.21. The molecule has 0 unspecified atom stereocenters. The van der Waals surface area contributed by atoms with Crippen molar-refractivity contribution in [3.63, 3.8) is 0 Å². The Labute approximate surface area is 177 Å². The standard InChI is InChI=1S/C13H13N2O5P.2Na/c1-15-6-4-9-11-8(3-5-14-9)7-10(19-2)13(12(11)15)20-21(16,17)18;;/h3-7H,1-2H3,(H2,16,17,18);;/q;2*+1/p-2. The predicted octanol–water partition coefficient (Wildman–Crippen LogP) is -5.12. The van der Waals surface area contributed by atoms with Crippen LogP contribution in [0.15, 0.2) is 24.5 Å². The van der Waals surface area contributed by atoms with Crippen LogP contribution in [-0.2, 0) is 4.57 Å². The number of nitrogens with zero attached hydrogens (tertiary/aromatic N) is 2. The van der Waals surface area contributed by atoms with E-state index < -0.39 is 7.82 Å². The van der Waals surface area contributed by atoms with Crippen LogP contribution in [0.5, 0.6) is 11.5 Å². The summed E-state index contributed by atoms with van der Waals surface area (Å²) in [5, 5.41) is 1.51. The topological polar surface area (TPSA) is 97.8 Å². The Bertz CT molecular complexity index is 809. The smallest absolute Gasteiger partial charge is 0.780 e. The van der Waals surface area contributed by atoms with Gasteiger partial charge in [0, 0.05) is 24.8 Å². The first-order valence-electron chi connectivity index (χ1n) is 6.03. The van der Waals surface area contributed by atoms with Crippen LogP contribution in [0.25, 0.3) is 16.8 Å². The van der Waals surface area contributed by atoms with Gasteiger partial charge in [0.05, 0.1) is 18.5 Å². The first kappa shape index (κ1) is 21.0. The van der Waals surface area contributed by atoms with Crippen LogP contribution in [0.4, 0.5) is 5.69 Å². The fraction of sp³-hybridized carbons (Fsp3) is 0.154. The summed E-state index contributed by atoms with van der Waals surface area (Å²) in [6, 6.07) is 3.39. The molecule has 0 saturated heterocycles. The Kier molecular flexibility index (Phi) is 7.17. The van der Waals surface area contributed by atoms with Gasteiger partial charge < -0.3 is 28.5 Å². The van der Waals surface area contributed by atoms with Crippen molar-refractivity contribution in [3.8, 4) is 11.5 Å². The molecule has 23 heavy (non-hydrogen) atoms. The minimum Gasteiger partial charge on any atom is -0.780 e. The quantitative estimate of drug-likeness (QED) is 0.403. The SMILES string of the molecule is COc1cc2ccnc3c2c(c1OP(=O)([O-])[O-])N(C)C=C3.[Na+].[Na+]. The van der Waals surface area contributed by atoms with E-state index in [1.165, 1.54) is 7.11 Å². The second-order valence-corrected chi connectivity index (χ2v) is 5.59. The summed E-state index contributed by atoms with van der Waals surface area (Å²) in [6.45, 7) is 0. The second kappa shape index (κ2) is 7.87. The maximum Gasteiger partial charge on any atom is 1.00 e. The molecule has 0 bridgehead atoms. The third-order valence-corrected chi connectivity index (χ3v) is 3.61. The molecule has 2 aromatic rings. The number of hydrogen-bond donors (Lipinski definition) is 0. The third kappa shape index (κ3) is 4.12. The van der Waals surface area contributed by atoms with Crippen LogP contribution in [0.2, 0.25) is 0 Å². The molecule has 110 valence electrons. The van der Waals surface area contributed by atoms with E-state index in [4.69, 9.17) is 4.74 Å². The number of phosphoric acid groups is 1. The molecule has 0 fully saturated rings. The predicted molar refractivity (Wildman–Crippen MR) is 74.0 cm³/mol. The summed E-state index contributed by atoms with van der Waals surface area (Å²) in [7, 11) is -2.12. The fourth-order valence-corrected chi connectivity index (χ4v) is 2.78. The van der Waals surface area contributed by atoms with Crippen molar-refractivity contribution in [2.45, 2.75) is 0 Å². The number of benzene rings is 1. The van der Waals surface area contributed by atoms with Gasteiger partial charge in [-0.25, -0.2) is 0 Å². The van der Waals surface area contributed by atoms with Crippen molar-refractivity contribution in [1.29, 1.82) is 0 Å². The van der Waals surface area contributed by atoms with E-state index in [1.54, 1.807) is 42.6 Å². The number of anilines is 1. The molecule has 1 aliphatic rings. The van der Waals surface area contributed by atoms with Crippen molar-refractivity contribution >= 4 is 30.4 Å². The van der Waals surface area contributed by atoms with Gasteiger partial charge >= 0.3 is 59.1 Å². The minimum absolute atomic E-state index is 0. The van der Waals surface area contributed by atoms with Gasteiger partial charge in [-0.15, -0.1) is 0 Å². The number of ether oxygens (including phenoxy) is 1. The summed E-state index contributed by atoms with van der Waals surface area (Å²) in [5.74, 6) is 0.0446. The summed E-state index contributed by atoms with van der Waals surface area (Å²) in [5.41, 5.74) is 1.10. The molecule has 1 aliphatic heterocycles. The maximum absolute atomic E-state index is 11.0. The van der Waals surface area contributed by atoms with E-state index in [0.717, 1.165) is 5.39 Å². The molecule has 1 aromatic carbocycles. The summed E-state index contributed by atoms with van der Waals surface area (Å²) in [4.78, 5) is 27.9. The Morgan fingerprint density at radius 2 is 2.00 bits per heavy atom. The molecule has 0 spiro atoms. The van der Waals surface area contributed by atoms with Gasteiger partial charge in [-0.3, -0.25) is 4.98 Å². The first-order chi connectivity index (χ1) is 9.90. The Balaban J connectivity index is 0.00000132.